The summed E-state index contributed by atoms with van der Waals surface area (Å²) in [6.07, 6.45) is 0. The van der Waals surface area contributed by atoms with Crippen molar-refractivity contribution in [2.45, 2.75) is 0 Å². The fourth-order valence-corrected chi connectivity index (χ4v) is 8.49. The molecule has 0 unspecified atom stereocenters. The van der Waals surface area contributed by atoms with E-state index in [2.05, 4.69) is 176 Å². The third kappa shape index (κ3) is 5.42. The highest BCUT2D eigenvalue weighted by molar-refractivity contribution is 6.22. The van der Waals surface area contributed by atoms with E-state index in [1.165, 1.54) is 70.9 Å². The molecule has 0 aliphatic rings. The molecule has 0 saturated heterocycles. The van der Waals surface area contributed by atoms with E-state index >= 15 is 0 Å². The van der Waals surface area contributed by atoms with Crippen LogP contribution in [-0.4, -0.2) is 9.97 Å². The molecule has 0 aliphatic carbocycles. The zero-order valence-corrected chi connectivity index (χ0v) is 30.5. The molecule has 56 heavy (non-hydrogen) atoms. The Labute approximate surface area is 325 Å². The lowest BCUT2D eigenvalue weighted by molar-refractivity contribution is 1.29. The van der Waals surface area contributed by atoms with Crippen LogP contribution in [0.3, 0.4) is 0 Å². The number of hydrogen-bond donors (Lipinski definition) is 0. The van der Waals surface area contributed by atoms with Gasteiger partial charge in [-0.25, -0.2) is 9.97 Å². The fraction of sp³-hybridized carbons (Fsp3) is 0. The molecule has 260 valence electrons. The van der Waals surface area contributed by atoms with E-state index in [0.29, 0.717) is 0 Å². The van der Waals surface area contributed by atoms with Gasteiger partial charge in [-0.15, -0.1) is 0 Å². The van der Waals surface area contributed by atoms with Crippen molar-refractivity contribution in [1.29, 1.82) is 0 Å². The van der Waals surface area contributed by atoms with Crippen LogP contribution >= 0.6 is 0 Å². The van der Waals surface area contributed by atoms with E-state index in [9.17, 15) is 0 Å². The maximum atomic E-state index is 5.16. The Morgan fingerprint density at radius 3 is 1.23 bits per heavy atom. The molecule has 0 atom stereocenters. The zero-order chi connectivity index (χ0) is 37.0. The van der Waals surface area contributed by atoms with Gasteiger partial charge in [0.15, 0.2) is 0 Å². The highest BCUT2D eigenvalue weighted by atomic mass is 14.8. The molecule has 0 N–H and O–H groups in total. The molecule has 11 rings (SSSR count). The average molecular weight is 711 g/mol. The van der Waals surface area contributed by atoms with Crippen molar-refractivity contribution in [2.75, 3.05) is 0 Å². The number of hydrogen-bond acceptors (Lipinski definition) is 2. The molecule has 2 heteroatoms. The highest BCUT2D eigenvalue weighted by Crippen LogP contribution is 2.46. The topological polar surface area (TPSA) is 25.8 Å². The molecular formula is C54H34N2. The normalized spacial score (nSPS) is 11.6. The van der Waals surface area contributed by atoms with Gasteiger partial charge in [0.2, 0.25) is 0 Å². The zero-order valence-electron chi connectivity index (χ0n) is 30.5. The Hall–Kier alpha value is -7.42. The molecule has 2 nitrogen and oxygen atoms in total. The van der Waals surface area contributed by atoms with Crippen LogP contribution in [-0.2, 0) is 0 Å². The number of rotatable bonds is 5. The van der Waals surface area contributed by atoms with E-state index < -0.39 is 0 Å². The summed E-state index contributed by atoms with van der Waals surface area (Å²) in [6, 6.07) is 74.3. The fourth-order valence-electron chi connectivity index (χ4n) is 8.49. The van der Waals surface area contributed by atoms with E-state index in [4.69, 9.17) is 9.97 Å². The Morgan fingerprint density at radius 1 is 0.232 bits per heavy atom. The Morgan fingerprint density at radius 2 is 0.643 bits per heavy atom. The summed E-state index contributed by atoms with van der Waals surface area (Å²) in [5, 5.41) is 9.93. The van der Waals surface area contributed by atoms with Crippen LogP contribution in [0.2, 0.25) is 0 Å². The van der Waals surface area contributed by atoms with Crippen LogP contribution in [0.5, 0.6) is 0 Å². The van der Waals surface area contributed by atoms with Crippen LogP contribution < -0.4 is 0 Å². The number of nitrogens with zero attached hydrogens (tertiary/aromatic N) is 2. The molecule has 0 amide bonds. The highest BCUT2D eigenvalue weighted by Gasteiger charge is 2.19. The number of aromatic nitrogens is 2. The van der Waals surface area contributed by atoms with Gasteiger partial charge in [0, 0.05) is 11.1 Å². The molecule has 0 spiro atoms. The van der Waals surface area contributed by atoms with Gasteiger partial charge in [-0.2, -0.15) is 0 Å². The predicted octanol–water partition coefficient (Wildman–Crippen LogP) is 14.6. The van der Waals surface area contributed by atoms with Crippen LogP contribution in [0, 0.1) is 0 Å². The van der Waals surface area contributed by atoms with Crippen LogP contribution in [0.1, 0.15) is 0 Å². The van der Waals surface area contributed by atoms with Gasteiger partial charge in [-0.05, 0) is 107 Å². The van der Waals surface area contributed by atoms with Gasteiger partial charge in [-0.1, -0.05) is 176 Å². The summed E-state index contributed by atoms with van der Waals surface area (Å²) in [5.41, 5.74) is 12.9. The standard InChI is InChI=1S/C54H34N2/c1-2-14-38(15-3-1)53-54(56-50-21-11-10-20-49(50)55-53)39-26-22-37(23-27-39)42-30-31-47-48(34-42)52(44-29-25-36-13-5-7-17-41(36)33-44)46-19-9-8-18-45(46)51(47)43-28-24-35-12-4-6-16-40(35)32-43/h1-34H. The van der Waals surface area contributed by atoms with Crippen molar-refractivity contribution in [1.82, 2.24) is 9.97 Å². The minimum absolute atomic E-state index is 0.880. The van der Waals surface area contributed by atoms with Gasteiger partial charge in [0.05, 0.1) is 22.4 Å². The maximum Gasteiger partial charge on any atom is 0.0973 e. The summed E-state index contributed by atoms with van der Waals surface area (Å²) in [7, 11) is 0. The first kappa shape index (κ1) is 32.0. The summed E-state index contributed by atoms with van der Waals surface area (Å²) in [5.74, 6) is 0. The Balaban J connectivity index is 1.12. The third-order valence-corrected chi connectivity index (χ3v) is 11.2. The molecule has 0 aliphatic heterocycles. The monoisotopic (exact) mass is 710 g/mol. The van der Waals surface area contributed by atoms with Crippen molar-refractivity contribution in [3.8, 4) is 55.9 Å². The summed E-state index contributed by atoms with van der Waals surface area (Å²) < 4.78 is 0. The van der Waals surface area contributed by atoms with E-state index in [-0.39, 0.29) is 0 Å². The molecule has 0 fully saturated rings. The largest absolute Gasteiger partial charge is 0.244 e. The average Bonchev–Trinajstić information content (AvgIpc) is 3.27. The van der Waals surface area contributed by atoms with Crippen LogP contribution in [0.25, 0.3) is 110 Å². The van der Waals surface area contributed by atoms with Gasteiger partial charge >= 0.3 is 0 Å². The van der Waals surface area contributed by atoms with Gasteiger partial charge in [-0.3, -0.25) is 0 Å². The minimum Gasteiger partial charge on any atom is -0.244 e. The third-order valence-electron chi connectivity index (χ3n) is 11.2. The summed E-state index contributed by atoms with van der Waals surface area (Å²) >= 11 is 0. The number of fused-ring (bicyclic) bond motifs is 5. The van der Waals surface area contributed by atoms with Crippen molar-refractivity contribution in [3.63, 3.8) is 0 Å². The Bertz CT molecular complexity index is 3290. The second-order valence-corrected chi connectivity index (χ2v) is 14.5. The first-order valence-electron chi connectivity index (χ1n) is 19.1. The van der Waals surface area contributed by atoms with Gasteiger partial charge in [0.25, 0.3) is 0 Å². The lowest BCUT2D eigenvalue weighted by atomic mass is 9.84. The minimum atomic E-state index is 0.880. The van der Waals surface area contributed by atoms with Crippen LogP contribution in [0.4, 0.5) is 0 Å². The number of benzene rings is 10. The second kappa shape index (κ2) is 13.2. The van der Waals surface area contributed by atoms with Crippen LogP contribution in [0.15, 0.2) is 206 Å². The van der Waals surface area contributed by atoms with Crippen molar-refractivity contribution in [3.05, 3.63) is 206 Å². The van der Waals surface area contributed by atoms with E-state index in [1.807, 2.05) is 30.3 Å². The first-order chi connectivity index (χ1) is 27.7. The lowest BCUT2D eigenvalue weighted by Crippen LogP contribution is -1.95. The lowest BCUT2D eigenvalue weighted by Gasteiger charge is -2.19. The summed E-state index contributed by atoms with van der Waals surface area (Å²) in [4.78, 5) is 10.3. The predicted molar refractivity (Wildman–Crippen MR) is 237 cm³/mol. The molecule has 0 bridgehead atoms. The van der Waals surface area contributed by atoms with Gasteiger partial charge in [0.1, 0.15) is 0 Å². The van der Waals surface area contributed by atoms with E-state index in [0.717, 1.165) is 39.1 Å². The van der Waals surface area contributed by atoms with Crippen molar-refractivity contribution < 1.29 is 0 Å². The SMILES string of the molecule is c1ccc(-c2nc3ccccc3nc2-c2ccc(-c3ccc4c(-c5ccc6ccccc6c5)c5ccccc5c(-c5ccc6ccccc6c5)c4c3)cc2)cc1. The second-order valence-electron chi connectivity index (χ2n) is 14.5. The Kier molecular flexibility index (Phi) is 7.53. The quantitative estimate of drug-likeness (QED) is 0.166. The first-order valence-corrected chi connectivity index (χ1v) is 19.1. The van der Waals surface area contributed by atoms with Gasteiger partial charge < -0.3 is 0 Å². The number of para-hydroxylation sites is 2. The molecular weight excluding hydrogens is 677 g/mol. The maximum absolute atomic E-state index is 5.16. The van der Waals surface area contributed by atoms with E-state index in [1.54, 1.807) is 0 Å². The van der Waals surface area contributed by atoms with Crippen molar-refractivity contribution >= 4 is 54.1 Å². The molecule has 11 aromatic rings. The molecule has 1 aromatic heterocycles. The molecule has 10 aromatic carbocycles. The molecule has 1 heterocycles. The smallest absolute Gasteiger partial charge is 0.0973 e. The van der Waals surface area contributed by atoms with Crippen molar-refractivity contribution in [2.24, 2.45) is 0 Å². The molecule has 0 radical (unpaired) electrons. The summed E-state index contributed by atoms with van der Waals surface area (Å²) in [6.45, 7) is 0. The molecule has 0 saturated carbocycles.